The van der Waals surface area contributed by atoms with Crippen LogP contribution in [0.1, 0.15) is 16.7 Å². The second kappa shape index (κ2) is 7.65. The fraction of sp³-hybridized carbons (Fsp3) is 0.120. The molecule has 2 aromatic carbocycles. The van der Waals surface area contributed by atoms with Gasteiger partial charge in [-0.1, -0.05) is 48.0 Å². The van der Waals surface area contributed by atoms with E-state index >= 15 is 0 Å². The SMILES string of the molecule is Cc1ccc(Cc2cc3cnc(Nc4cccc5cccnc45)nc3n(C)c2=O)cc1. The lowest BCUT2D eigenvalue weighted by molar-refractivity contribution is 0.863. The number of fused-ring (bicyclic) bond motifs is 2. The molecule has 0 saturated carbocycles. The van der Waals surface area contributed by atoms with Crippen molar-refractivity contribution in [3.05, 3.63) is 100 Å². The van der Waals surface area contributed by atoms with Crippen LogP contribution in [0.3, 0.4) is 0 Å². The zero-order valence-electron chi connectivity index (χ0n) is 17.3. The Labute approximate surface area is 179 Å². The van der Waals surface area contributed by atoms with Crippen LogP contribution in [0.4, 0.5) is 11.6 Å². The van der Waals surface area contributed by atoms with E-state index in [4.69, 9.17) is 0 Å². The fourth-order valence-electron chi connectivity index (χ4n) is 3.75. The van der Waals surface area contributed by atoms with E-state index in [1.54, 1.807) is 24.0 Å². The minimum atomic E-state index is -0.0513. The Morgan fingerprint density at radius 2 is 1.77 bits per heavy atom. The predicted molar refractivity (Wildman–Crippen MR) is 124 cm³/mol. The number of rotatable bonds is 4. The van der Waals surface area contributed by atoms with Gasteiger partial charge in [-0.25, -0.2) is 4.98 Å². The van der Waals surface area contributed by atoms with Crippen molar-refractivity contribution < 1.29 is 0 Å². The van der Waals surface area contributed by atoms with Gasteiger partial charge in [-0.15, -0.1) is 0 Å². The summed E-state index contributed by atoms with van der Waals surface area (Å²) in [6.07, 6.45) is 4.08. The van der Waals surface area contributed by atoms with E-state index in [2.05, 4.69) is 51.5 Å². The molecular weight excluding hydrogens is 386 g/mol. The molecule has 0 atom stereocenters. The van der Waals surface area contributed by atoms with Crippen LogP contribution < -0.4 is 10.9 Å². The maximum absolute atomic E-state index is 13.0. The third-order valence-electron chi connectivity index (χ3n) is 5.42. The van der Waals surface area contributed by atoms with E-state index in [0.29, 0.717) is 18.0 Å². The van der Waals surface area contributed by atoms with Crippen molar-refractivity contribution >= 4 is 33.6 Å². The third-order valence-corrected chi connectivity index (χ3v) is 5.42. The van der Waals surface area contributed by atoms with Gasteiger partial charge in [-0.05, 0) is 30.7 Å². The molecule has 0 radical (unpaired) electrons. The quantitative estimate of drug-likeness (QED) is 0.474. The zero-order chi connectivity index (χ0) is 21.4. The topological polar surface area (TPSA) is 72.7 Å². The number of nitrogens with one attached hydrogen (secondary N) is 1. The fourth-order valence-corrected chi connectivity index (χ4v) is 3.75. The van der Waals surface area contributed by atoms with Gasteiger partial charge in [0.05, 0.1) is 11.2 Å². The molecule has 6 heteroatoms. The van der Waals surface area contributed by atoms with Gasteiger partial charge in [0.15, 0.2) is 0 Å². The summed E-state index contributed by atoms with van der Waals surface area (Å²) in [5, 5.41) is 5.10. The summed E-state index contributed by atoms with van der Waals surface area (Å²) >= 11 is 0. The lowest BCUT2D eigenvalue weighted by Crippen LogP contribution is -2.22. The summed E-state index contributed by atoms with van der Waals surface area (Å²) in [6.45, 7) is 2.05. The summed E-state index contributed by atoms with van der Waals surface area (Å²) < 4.78 is 1.59. The van der Waals surface area contributed by atoms with Crippen LogP contribution >= 0.6 is 0 Å². The Morgan fingerprint density at radius 3 is 2.61 bits per heavy atom. The van der Waals surface area contributed by atoms with E-state index in [9.17, 15) is 4.79 Å². The largest absolute Gasteiger partial charge is 0.322 e. The van der Waals surface area contributed by atoms with E-state index in [-0.39, 0.29) is 5.56 Å². The van der Waals surface area contributed by atoms with Crippen LogP contribution in [0.5, 0.6) is 0 Å². The van der Waals surface area contributed by atoms with Crippen LogP contribution in [-0.2, 0) is 13.5 Å². The van der Waals surface area contributed by atoms with Gasteiger partial charge in [0.2, 0.25) is 5.95 Å². The van der Waals surface area contributed by atoms with Crippen LogP contribution in [0, 0.1) is 6.92 Å². The average molecular weight is 407 g/mol. The van der Waals surface area contributed by atoms with Gasteiger partial charge in [-0.2, -0.15) is 4.98 Å². The highest BCUT2D eigenvalue weighted by atomic mass is 16.1. The van der Waals surface area contributed by atoms with Crippen LogP contribution in [0.2, 0.25) is 0 Å². The molecular formula is C25H21N5O. The smallest absolute Gasteiger partial charge is 0.255 e. The Hall–Kier alpha value is -4.06. The Bertz CT molecular complexity index is 1470. The molecule has 0 saturated heterocycles. The molecule has 6 nitrogen and oxygen atoms in total. The lowest BCUT2D eigenvalue weighted by Gasteiger charge is -2.11. The summed E-state index contributed by atoms with van der Waals surface area (Å²) in [7, 11) is 1.75. The second-order valence-corrected chi connectivity index (χ2v) is 7.67. The van der Waals surface area contributed by atoms with Crippen molar-refractivity contribution in [3.8, 4) is 0 Å². The summed E-state index contributed by atoms with van der Waals surface area (Å²) in [5.74, 6) is 0.423. The second-order valence-electron chi connectivity index (χ2n) is 7.67. The third kappa shape index (κ3) is 3.64. The van der Waals surface area contributed by atoms with E-state index < -0.39 is 0 Å². The first kappa shape index (κ1) is 18.9. The minimum Gasteiger partial charge on any atom is -0.322 e. The first-order chi connectivity index (χ1) is 15.1. The Kier molecular flexibility index (Phi) is 4.67. The van der Waals surface area contributed by atoms with Crippen molar-refractivity contribution in [2.75, 3.05) is 5.32 Å². The number of aryl methyl sites for hydroxylation is 2. The van der Waals surface area contributed by atoms with Crippen LogP contribution in [0.25, 0.3) is 21.9 Å². The number of aromatic nitrogens is 4. The first-order valence-corrected chi connectivity index (χ1v) is 10.1. The number of pyridine rings is 2. The molecule has 5 rings (SSSR count). The molecule has 0 aliphatic rings. The molecule has 0 bridgehead atoms. The molecule has 3 aromatic heterocycles. The predicted octanol–water partition coefficient (Wildman–Crippen LogP) is 4.52. The maximum atomic E-state index is 13.0. The minimum absolute atomic E-state index is 0.0513. The normalized spacial score (nSPS) is 11.2. The average Bonchev–Trinajstić information content (AvgIpc) is 2.79. The van der Waals surface area contributed by atoms with Crippen molar-refractivity contribution in [2.24, 2.45) is 7.05 Å². The molecule has 0 aliphatic heterocycles. The number of hydrogen-bond acceptors (Lipinski definition) is 5. The standard InChI is InChI=1S/C25H21N5O/c1-16-8-10-17(11-9-16)13-19-14-20-15-27-25(29-23(20)30(2)24(19)31)28-21-7-3-5-18-6-4-12-26-22(18)21/h3-12,14-15H,13H2,1-2H3,(H,27,28,29). The molecule has 0 spiro atoms. The molecule has 5 aromatic rings. The first-order valence-electron chi connectivity index (χ1n) is 10.1. The molecule has 3 heterocycles. The molecule has 0 unspecified atom stereocenters. The van der Waals surface area contributed by atoms with Crippen molar-refractivity contribution in [1.29, 1.82) is 0 Å². The van der Waals surface area contributed by atoms with Gasteiger partial charge in [0.25, 0.3) is 5.56 Å². The summed E-state index contributed by atoms with van der Waals surface area (Å²) in [5.41, 5.74) is 5.22. The highest BCUT2D eigenvalue weighted by molar-refractivity contribution is 5.91. The molecule has 1 N–H and O–H groups in total. The van der Waals surface area contributed by atoms with E-state index in [1.165, 1.54) is 5.56 Å². The van der Waals surface area contributed by atoms with Crippen molar-refractivity contribution in [2.45, 2.75) is 13.3 Å². The Balaban J connectivity index is 1.52. The molecule has 152 valence electrons. The van der Waals surface area contributed by atoms with Gasteiger partial charge in [-0.3, -0.25) is 14.3 Å². The molecule has 0 aliphatic carbocycles. The summed E-state index contributed by atoms with van der Waals surface area (Å²) in [6, 6.07) is 19.9. The number of hydrogen-bond donors (Lipinski definition) is 1. The summed E-state index contributed by atoms with van der Waals surface area (Å²) in [4.78, 5) is 26.5. The maximum Gasteiger partial charge on any atom is 0.255 e. The number of benzene rings is 2. The molecule has 0 amide bonds. The van der Waals surface area contributed by atoms with Crippen molar-refractivity contribution in [3.63, 3.8) is 0 Å². The lowest BCUT2D eigenvalue weighted by atomic mass is 10.0. The van der Waals surface area contributed by atoms with Gasteiger partial charge in [0.1, 0.15) is 5.65 Å². The molecule has 0 fully saturated rings. The van der Waals surface area contributed by atoms with Gasteiger partial charge < -0.3 is 5.32 Å². The van der Waals surface area contributed by atoms with E-state index in [1.807, 2.05) is 36.4 Å². The Morgan fingerprint density at radius 1 is 0.968 bits per heavy atom. The highest BCUT2D eigenvalue weighted by Gasteiger charge is 2.11. The zero-order valence-corrected chi connectivity index (χ0v) is 17.3. The van der Waals surface area contributed by atoms with Gasteiger partial charge >= 0.3 is 0 Å². The number of nitrogens with zero attached hydrogens (tertiary/aromatic N) is 4. The monoisotopic (exact) mass is 407 g/mol. The van der Waals surface area contributed by atoms with Crippen molar-refractivity contribution in [1.82, 2.24) is 19.5 Å². The van der Waals surface area contributed by atoms with Crippen LogP contribution in [-0.4, -0.2) is 19.5 Å². The van der Waals surface area contributed by atoms with E-state index in [0.717, 1.165) is 33.1 Å². The highest BCUT2D eigenvalue weighted by Crippen LogP contribution is 2.24. The van der Waals surface area contributed by atoms with Crippen LogP contribution in [0.15, 0.2) is 77.9 Å². The van der Waals surface area contributed by atoms with Gasteiger partial charge in [0, 0.05) is 42.2 Å². The number of para-hydroxylation sites is 1. The number of anilines is 2. The molecule has 31 heavy (non-hydrogen) atoms.